The third kappa shape index (κ3) is 3.13. The number of sulfone groups is 1. The zero-order valence-corrected chi connectivity index (χ0v) is 11.6. The van der Waals surface area contributed by atoms with Crippen molar-refractivity contribution in [1.29, 1.82) is 0 Å². The highest BCUT2D eigenvalue weighted by molar-refractivity contribution is 7.94. The molecule has 0 aromatic heterocycles. The van der Waals surface area contributed by atoms with Crippen LogP contribution in [0.2, 0.25) is 0 Å². The second-order valence-electron chi connectivity index (χ2n) is 4.51. The summed E-state index contributed by atoms with van der Waals surface area (Å²) in [6, 6.07) is 3.96. The highest BCUT2D eigenvalue weighted by Gasteiger charge is 2.25. The van der Waals surface area contributed by atoms with Gasteiger partial charge in [0.25, 0.3) is 0 Å². The summed E-state index contributed by atoms with van der Waals surface area (Å²) in [6.07, 6.45) is 1.58. The molecule has 0 aliphatic carbocycles. The number of benzene rings is 1. The van der Waals surface area contributed by atoms with Gasteiger partial charge in [0.05, 0.1) is 12.9 Å². The molecule has 1 N–H and O–H groups in total. The van der Waals surface area contributed by atoms with Gasteiger partial charge in [0.1, 0.15) is 11.6 Å². The average Bonchev–Trinajstić information content (AvgIpc) is 2.67. The Labute approximate surface area is 112 Å². The zero-order valence-electron chi connectivity index (χ0n) is 10.8. The van der Waals surface area contributed by atoms with E-state index in [9.17, 15) is 12.8 Å². The molecule has 0 fully saturated rings. The summed E-state index contributed by atoms with van der Waals surface area (Å²) in [7, 11) is -1.64. The van der Waals surface area contributed by atoms with Gasteiger partial charge in [0.2, 0.25) is 0 Å². The van der Waals surface area contributed by atoms with E-state index in [0.29, 0.717) is 11.3 Å². The quantitative estimate of drug-likeness (QED) is 0.916. The average molecular weight is 285 g/mol. The van der Waals surface area contributed by atoms with Crippen molar-refractivity contribution in [2.45, 2.75) is 19.0 Å². The van der Waals surface area contributed by atoms with Crippen LogP contribution in [0.25, 0.3) is 0 Å². The van der Waals surface area contributed by atoms with Gasteiger partial charge < -0.3 is 10.1 Å². The molecule has 2 atom stereocenters. The standard InChI is InChI=1S/C13H16FNO3S/c1-9(15-10-6-7-19(16,17)8-10)13-11(14)4-3-5-12(13)18-2/h3-7,9-10,15H,8H2,1-2H3. The van der Waals surface area contributed by atoms with Crippen molar-refractivity contribution in [3.63, 3.8) is 0 Å². The Balaban J connectivity index is 2.17. The molecule has 1 heterocycles. The van der Waals surface area contributed by atoms with Crippen LogP contribution >= 0.6 is 0 Å². The van der Waals surface area contributed by atoms with Crippen molar-refractivity contribution in [3.8, 4) is 5.75 Å². The normalized spacial score (nSPS) is 22.4. The van der Waals surface area contributed by atoms with Crippen LogP contribution in [0.1, 0.15) is 18.5 Å². The first-order chi connectivity index (χ1) is 8.93. The third-order valence-corrected chi connectivity index (χ3v) is 4.46. The van der Waals surface area contributed by atoms with Crippen LogP contribution in [0.3, 0.4) is 0 Å². The van der Waals surface area contributed by atoms with E-state index < -0.39 is 9.84 Å². The first-order valence-corrected chi connectivity index (χ1v) is 7.64. The lowest BCUT2D eigenvalue weighted by molar-refractivity contribution is 0.391. The fraction of sp³-hybridized carbons (Fsp3) is 0.385. The number of rotatable bonds is 4. The second-order valence-corrected chi connectivity index (χ2v) is 6.44. The molecule has 0 amide bonds. The molecular formula is C13H16FNO3S. The summed E-state index contributed by atoms with van der Waals surface area (Å²) in [4.78, 5) is 0. The van der Waals surface area contributed by atoms with Crippen molar-refractivity contribution in [2.24, 2.45) is 0 Å². The van der Waals surface area contributed by atoms with Gasteiger partial charge >= 0.3 is 0 Å². The minimum Gasteiger partial charge on any atom is -0.496 e. The van der Waals surface area contributed by atoms with Crippen LogP contribution < -0.4 is 10.1 Å². The minimum atomic E-state index is -3.12. The molecule has 1 aromatic rings. The number of halogens is 1. The molecule has 19 heavy (non-hydrogen) atoms. The summed E-state index contributed by atoms with van der Waals surface area (Å²) in [6.45, 7) is 1.78. The Hall–Kier alpha value is -1.40. The van der Waals surface area contributed by atoms with Crippen molar-refractivity contribution in [2.75, 3.05) is 12.9 Å². The second kappa shape index (κ2) is 5.30. The molecule has 2 rings (SSSR count). The molecule has 2 unspecified atom stereocenters. The number of methoxy groups -OCH3 is 1. The van der Waals surface area contributed by atoms with Gasteiger partial charge in [-0.3, -0.25) is 0 Å². The summed E-state index contributed by atoms with van der Waals surface area (Å²) in [5, 5.41) is 4.27. The molecule has 0 saturated carbocycles. The number of hydrogen-bond donors (Lipinski definition) is 1. The summed E-state index contributed by atoms with van der Waals surface area (Å²) in [5.41, 5.74) is 0.405. The first kappa shape index (κ1) is 14.0. The molecule has 1 aromatic carbocycles. The van der Waals surface area contributed by atoms with E-state index in [1.807, 2.05) is 0 Å². The van der Waals surface area contributed by atoms with Crippen molar-refractivity contribution < 1.29 is 17.5 Å². The fourth-order valence-corrected chi connectivity index (χ4v) is 3.45. The van der Waals surface area contributed by atoms with E-state index in [1.54, 1.807) is 25.1 Å². The van der Waals surface area contributed by atoms with Gasteiger partial charge in [-0.15, -0.1) is 0 Å². The van der Waals surface area contributed by atoms with E-state index >= 15 is 0 Å². The van der Waals surface area contributed by atoms with E-state index in [1.165, 1.54) is 18.6 Å². The monoisotopic (exact) mass is 285 g/mol. The molecular weight excluding hydrogens is 269 g/mol. The van der Waals surface area contributed by atoms with Crippen LogP contribution in [0.4, 0.5) is 4.39 Å². The maximum atomic E-state index is 13.9. The van der Waals surface area contributed by atoms with Crippen LogP contribution in [0, 0.1) is 5.82 Å². The largest absolute Gasteiger partial charge is 0.496 e. The van der Waals surface area contributed by atoms with E-state index in [4.69, 9.17) is 4.74 Å². The van der Waals surface area contributed by atoms with Gasteiger partial charge in [-0.25, -0.2) is 12.8 Å². The number of ether oxygens (including phenoxy) is 1. The predicted octanol–water partition coefficient (Wildman–Crippen LogP) is 1.80. The molecule has 4 nitrogen and oxygen atoms in total. The van der Waals surface area contributed by atoms with E-state index in [-0.39, 0.29) is 23.7 Å². The van der Waals surface area contributed by atoms with Gasteiger partial charge in [-0.2, -0.15) is 0 Å². The molecule has 104 valence electrons. The van der Waals surface area contributed by atoms with Gasteiger partial charge in [-0.05, 0) is 19.1 Å². The highest BCUT2D eigenvalue weighted by atomic mass is 32.2. The molecule has 1 aliphatic heterocycles. The Kier molecular flexibility index (Phi) is 3.91. The number of nitrogens with one attached hydrogen (secondary N) is 1. The summed E-state index contributed by atoms with van der Waals surface area (Å²) >= 11 is 0. The Morgan fingerprint density at radius 2 is 2.21 bits per heavy atom. The SMILES string of the molecule is COc1cccc(F)c1C(C)NC1C=CS(=O)(=O)C1. The smallest absolute Gasteiger partial charge is 0.173 e. The zero-order chi connectivity index (χ0) is 14.0. The summed E-state index contributed by atoms with van der Waals surface area (Å²) < 4.78 is 41.6. The van der Waals surface area contributed by atoms with E-state index in [0.717, 1.165) is 0 Å². The van der Waals surface area contributed by atoms with Crippen LogP contribution in [-0.4, -0.2) is 27.3 Å². The van der Waals surface area contributed by atoms with Crippen LogP contribution in [-0.2, 0) is 9.84 Å². The molecule has 0 spiro atoms. The van der Waals surface area contributed by atoms with E-state index in [2.05, 4.69) is 5.32 Å². The van der Waals surface area contributed by atoms with Crippen molar-refractivity contribution >= 4 is 9.84 Å². The molecule has 6 heteroatoms. The first-order valence-electron chi connectivity index (χ1n) is 5.92. The van der Waals surface area contributed by atoms with Crippen LogP contribution in [0.5, 0.6) is 5.75 Å². The maximum absolute atomic E-state index is 13.9. The Bertz CT molecular complexity index is 598. The van der Waals surface area contributed by atoms with Crippen molar-refractivity contribution in [3.05, 3.63) is 41.1 Å². The third-order valence-electron chi connectivity index (χ3n) is 3.06. The van der Waals surface area contributed by atoms with Gasteiger partial charge in [-0.1, -0.05) is 12.1 Å². The molecule has 1 aliphatic rings. The lowest BCUT2D eigenvalue weighted by Crippen LogP contribution is -2.32. The van der Waals surface area contributed by atoms with Gasteiger partial charge in [0, 0.05) is 23.1 Å². The highest BCUT2D eigenvalue weighted by Crippen LogP contribution is 2.28. The number of hydrogen-bond acceptors (Lipinski definition) is 4. The Morgan fingerprint density at radius 3 is 2.79 bits per heavy atom. The van der Waals surface area contributed by atoms with Gasteiger partial charge in [0.15, 0.2) is 9.84 Å². The molecule has 0 bridgehead atoms. The van der Waals surface area contributed by atoms with Crippen LogP contribution in [0.15, 0.2) is 29.7 Å². The molecule has 0 radical (unpaired) electrons. The van der Waals surface area contributed by atoms with Crippen molar-refractivity contribution in [1.82, 2.24) is 5.32 Å². The molecule has 0 saturated heterocycles. The predicted molar refractivity (Wildman–Crippen MR) is 71.2 cm³/mol. The fourth-order valence-electron chi connectivity index (χ4n) is 2.20. The maximum Gasteiger partial charge on any atom is 0.173 e. The minimum absolute atomic E-state index is 0.00804. The topological polar surface area (TPSA) is 55.4 Å². The Morgan fingerprint density at radius 1 is 1.47 bits per heavy atom. The summed E-state index contributed by atoms with van der Waals surface area (Å²) in [5.74, 6) is 0.0858. The lowest BCUT2D eigenvalue weighted by atomic mass is 10.1. The lowest BCUT2D eigenvalue weighted by Gasteiger charge is -2.20.